The highest BCUT2D eigenvalue weighted by Crippen LogP contribution is 2.15. The Morgan fingerprint density at radius 3 is 3.00 bits per heavy atom. The largest absolute Gasteiger partial charge is 0.352 e. The number of hydrogen-bond donors (Lipinski definition) is 1. The number of carbonyl (C=O) groups is 1. The average Bonchev–Trinajstić information content (AvgIpc) is 3.34. The van der Waals surface area contributed by atoms with E-state index in [0.29, 0.717) is 37.5 Å². The Morgan fingerprint density at radius 1 is 1.22 bits per heavy atom. The summed E-state index contributed by atoms with van der Waals surface area (Å²) >= 11 is 0. The van der Waals surface area contributed by atoms with Gasteiger partial charge in [-0.1, -0.05) is 5.16 Å². The first kappa shape index (κ1) is 16.8. The molecule has 1 N–H and O–H groups in total. The van der Waals surface area contributed by atoms with Crippen molar-refractivity contribution in [2.75, 3.05) is 0 Å². The summed E-state index contributed by atoms with van der Waals surface area (Å²) in [5, 5.41) is 11.0. The molecule has 0 spiro atoms. The molecule has 0 unspecified atom stereocenters. The fourth-order valence-corrected chi connectivity index (χ4v) is 2.66. The Morgan fingerprint density at radius 2 is 2.11 bits per heavy atom. The monoisotopic (exact) mass is 363 g/mol. The molecule has 4 rings (SSSR count). The van der Waals surface area contributed by atoms with Gasteiger partial charge in [0.25, 0.3) is 0 Å². The summed E-state index contributed by atoms with van der Waals surface area (Å²) in [5.74, 6) is 0.998. The Bertz CT molecular complexity index is 1040. The van der Waals surface area contributed by atoms with E-state index in [1.807, 2.05) is 18.3 Å². The molecule has 0 aliphatic rings. The van der Waals surface area contributed by atoms with E-state index in [1.165, 1.54) is 0 Å². The first-order valence-electron chi connectivity index (χ1n) is 8.56. The van der Waals surface area contributed by atoms with Crippen molar-refractivity contribution in [2.24, 2.45) is 0 Å². The number of aryl methyl sites for hydroxylation is 1. The Kier molecular flexibility index (Phi) is 4.82. The third kappa shape index (κ3) is 3.97. The molecule has 9 heteroatoms. The van der Waals surface area contributed by atoms with Gasteiger partial charge in [0.15, 0.2) is 5.65 Å². The van der Waals surface area contributed by atoms with Crippen molar-refractivity contribution in [3.63, 3.8) is 0 Å². The van der Waals surface area contributed by atoms with Gasteiger partial charge in [0.1, 0.15) is 0 Å². The van der Waals surface area contributed by atoms with Gasteiger partial charge in [-0.3, -0.25) is 9.78 Å². The number of nitrogens with one attached hydrogen (secondary N) is 1. The van der Waals surface area contributed by atoms with Crippen LogP contribution in [0.5, 0.6) is 0 Å². The van der Waals surface area contributed by atoms with Crippen LogP contribution in [-0.2, 0) is 17.8 Å². The number of aromatic nitrogens is 6. The maximum absolute atomic E-state index is 12.1. The Balaban J connectivity index is 1.25. The van der Waals surface area contributed by atoms with Gasteiger partial charge in [-0.25, -0.2) is 9.50 Å². The van der Waals surface area contributed by atoms with Gasteiger partial charge in [-0.2, -0.15) is 10.1 Å². The molecule has 1 amide bonds. The predicted molar refractivity (Wildman–Crippen MR) is 95.3 cm³/mol. The van der Waals surface area contributed by atoms with Crippen molar-refractivity contribution in [1.82, 2.24) is 35.0 Å². The van der Waals surface area contributed by atoms with Crippen molar-refractivity contribution < 1.29 is 9.32 Å². The quantitative estimate of drug-likeness (QED) is 0.533. The molecule has 0 saturated carbocycles. The van der Waals surface area contributed by atoms with E-state index in [4.69, 9.17) is 4.52 Å². The summed E-state index contributed by atoms with van der Waals surface area (Å²) in [6.07, 6.45) is 10.1. The number of fused-ring (bicyclic) bond motifs is 1. The molecule has 0 saturated heterocycles. The highest BCUT2D eigenvalue weighted by Gasteiger charge is 2.10. The lowest BCUT2D eigenvalue weighted by molar-refractivity contribution is -0.121. The van der Waals surface area contributed by atoms with E-state index in [1.54, 1.807) is 35.4 Å². The van der Waals surface area contributed by atoms with Crippen LogP contribution in [0.2, 0.25) is 0 Å². The molecule has 4 heterocycles. The first-order chi connectivity index (χ1) is 13.3. The van der Waals surface area contributed by atoms with Crippen LogP contribution in [0.15, 0.2) is 53.7 Å². The Labute approximate surface area is 154 Å². The fraction of sp³-hybridized carbons (Fsp3) is 0.222. The topological polar surface area (TPSA) is 111 Å². The molecule has 0 fully saturated rings. The number of hydrogen-bond acceptors (Lipinski definition) is 7. The third-order valence-corrected chi connectivity index (χ3v) is 4.03. The summed E-state index contributed by atoms with van der Waals surface area (Å²) in [7, 11) is 0. The fourth-order valence-electron chi connectivity index (χ4n) is 2.66. The second-order valence-electron chi connectivity index (χ2n) is 5.94. The highest BCUT2D eigenvalue weighted by atomic mass is 16.5. The number of nitrogens with zero attached hydrogens (tertiary/aromatic N) is 6. The van der Waals surface area contributed by atoms with E-state index in [-0.39, 0.29) is 5.91 Å². The van der Waals surface area contributed by atoms with Crippen molar-refractivity contribution in [3.8, 4) is 11.4 Å². The van der Waals surface area contributed by atoms with E-state index in [9.17, 15) is 4.79 Å². The molecule has 0 aliphatic carbocycles. The number of rotatable bonds is 7. The maximum Gasteiger partial charge on any atom is 0.226 e. The van der Waals surface area contributed by atoms with E-state index >= 15 is 0 Å². The summed E-state index contributed by atoms with van der Waals surface area (Å²) < 4.78 is 6.91. The summed E-state index contributed by atoms with van der Waals surface area (Å²) in [4.78, 5) is 24.6. The number of carbonyl (C=O) groups excluding carboxylic acids is 1. The second-order valence-corrected chi connectivity index (χ2v) is 5.94. The molecule has 136 valence electrons. The molecule has 0 aliphatic heterocycles. The second kappa shape index (κ2) is 7.73. The lowest BCUT2D eigenvalue weighted by Gasteiger charge is -2.03. The predicted octanol–water partition coefficient (Wildman–Crippen LogP) is 1.81. The van der Waals surface area contributed by atoms with Gasteiger partial charge < -0.3 is 9.84 Å². The van der Waals surface area contributed by atoms with Crippen molar-refractivity contribution in [3.05, 3.63) is 60.6 Å². The van der Waals surface area contributed by atoms with Gasteiger partial charge >= 0.3 is 0 Å². The van der Waals surface area contributed by atoms with Crippen LogP contribution in [0.1, 0.15) is 24.3 Å². The molecule has 27 heavy (non-hydrogen) atoms. The molecule has 0 bridgehead atoms. The molecular weight excluding hydrogens is 346 g/mol. The third-order valence-electron chi connectivity index (χ3n) is 4.03. The number of pyridine rings is 1. The minimum absolute atomic E-state index is 0.0425. The highest BCUT2D eigenvalue weighted by molar-refractivity contribution is 5.76. The summed E-state index contributed by atoms with van der Waals surface area (Å²) in [6.45, 7) is 0.395. The van der Waals surface area contributed by atoms with Crippen LogP contribution in [0.25, 0.3) is 17.0 Å². The Hall–Kier alpha value is -3.62. The zero-order chi connectivity index (χ0) is 18.5. The van der Waals surface area contributed by atoms with E-state index < -0.39 is 0 Å². The molecule has 9 nitrogen and oxygen atoms in total. The van der Waals surface area contributed by atoms with Gasteiger partial charge in [0, 0.05) is 55.3 Å². The minimum Gasteiger partial charge on any atom is -0.352 e. The molecular formula is C18H17N7O2. The van der Waals surface area contributed by atoms with Crippen LogP contribution in [0, 0.1) is 0 Å². The van der Waals surface area contributed by atoms with Crippen LogP contribution in [-0.4, -0.2) is 35.6 Å². The van der Waals surface area contributed by atoms with Crippen molar-refractivity contribution >= 4 is 11.6 Å². The molecule has 4 aromatic rings. The molecule has 0 atom stereocenters. The lowest BCUT2D eigenvalue weighted by Crippen LogP contribution is -2.22. The zero-order valence-corrected chi connectivity index (χ0v) is 14.4. The van der Waals surface area contributed by atoms with E-state index in [0.717, 1.165) is 16.8 Å². The lowest BCUT2D eigenvalue weighted by atomic mass is 10.2. The maximum atomic E-state index is 12.1. The van der Waals surface area contributed by atoms with Gasteiger partial charge in [-0.05, 0) is 24.6 Å². The minimum atomic E-state index is -0.0425. The van der Waals surface area contributed by atoms with E-state index in [2.05, 4.69) is 30.5 Å². The summed E-state index contributed by atoms with van der Waals surface area (Å²) in [6, 6.07) is 5.44. The van der Waals surface area contributed by atoms with Crippen molar-refractivity contribution in [1.29, 1.82) is 0 Å². The van der Waals surface area contributed by atoms with Crippen LogP contribution in [0.3, 0.4) is 0 Å². The van der Waals surface area contributed by atoms with Gasteiger partial charge in [-0.15, -0.1) is 0 Å². The summed E-state index contributed by atoms with van der Waals surface area (Å²) in [5.41, 5.74) is 2.47. The standard InChI is InChI=1S/C18H17N7O2/c26-15(21-11-14-12-22-25-10-2-7-20-18(14)25)3-1-4-16-23-17(24-27-16)13-5-8-19-9-6-13/h2,5-10,12H,1,3-4,11H2,(H,21,26). The smallest absolute Gasteiger partial charge is 0.226 e. The normalized spacial score (nSPS) is 11.0. The van der Waals surface area contributed by atoms with Crippen LogP contribution >= 0.6 is 0 Å². The SMILES string of the molecule is O=C(CCCc1nc(-c2ccncc2)no1)NCc1cnn2cccnc12. The molecule has 0 aromatic carbocycles. The number of amides is 1. The van der Waals surface area contributed by atoms with Gasteiger partial charge in [0.2, 0.25) is 17.6 Å². The molecule has 0 radical (unpaired) electrons. The van der Waals surface area contributed by atoms with Crippen LogP contribution < -0.4 is 5.32 Å². The first-order valence-corrected chi connectivity index (χ1v) is 8.56. The zero-order valence-electron chi connectivity index (χ0n) is 14.4. The molecule has 4 aromatic heterocycles. The van der Waals surface area contributed by atoms with Gasteiger partial charge in [0.05, 0.1) is 6.20 Å². The van der Waals surface area contributed by atoms with Crippen LogP contribution in [0.4, 0.5) is 0 Å². The average molecular weight is 363 g/mol. The van der Waals surface area contributed by atoms with Crippen molar-refractivity contribution in [2.45, 2.75) is 25.8 Å².